The van der Waals surface area contributed by atoms with Crippen molar-refractivity contribution < 1.29 is 55.8 Å². The van der Waals surface area contributed by atoms with Crippen molar-refractivity contribution in [2.45, 2.75) is 38.8 Å². The van der Waals surface area contributed by atoms with Gasteiger partial charge in [-0.05, 0) is 48.3 Å². The number of aromatic nitrogens is 1. The summed E-state index contributed by atoms with van der Waals surface area (Å²) in [4.78, 5) is 23.7. The van der Waals surface area contributed by atoms with E-state index in [1.807, 2.05) is 18.2 Å². The molecule has 5 nitrogen and oxygen atoms in total. The van der Waals surface area contributed by atoms with Crippen LogP contribution in [0.2, 0.25) is 0 Å². The number of hydrogen-bond acceptors (Lipinski definition) is 5. The van der Waals surface area contributed by atoms with E-state index in [2.05, 4.69) is 50.3 Å². The third-order valence-electron chi connectivity index (χ3n) is 5.27. The van der Waals surface area contributed by atoms with E-state index in [-0.39, 0.29) is 67.9 Å². The monoisotopic (exact) mass is 523 g/mol. The zero-order chi connectivity index (χ0) is 19.1. The average molecular weight is 525 g/mol. The summed E-state index contributed by atoms with van der Waals surface area (Å²) in [7, 11) is 0. The van der Waals surface area contributed by atoms with Gasteiger partial charge >= 0.3 is 0 Å². The number of halogens is 3. The molecule has 0 N–H and O–H groups in total. The van der Waals surface area contributed by atoms with Crippen molar-refractivity contribution in [3.63, 3.8) is 0 Å². The van der Waals surface area contributed by atoms with Crippen molar-refractivity contribution in [3.8, 4) is 0 Å². The molecular weight excluding hydrogens is 504 g/mol. The molecule has 0 fully saturated rings. The van der Waals surface area contributed by atoms with Gasteiger partial charge in [-0.2, -0.15) is 0 Å². The van der Waals surface area contributed by atoms with E-state index in [0.29, 0.717) is 11.7 Å². The molecular formula is C23H21Cl3N5V-3. The van der Waals surface area contributed by atoms with Crippen LogP contribution >= 0.6 is 0 Å². The molecule has 1 radical (unpaired) electrons. The number of pyridine rings is 1. The Morgan fingerprint density at radius 2 is 1.16 bits per heavy atom. The molecule has 167 valence electrons. The smallest absolute Gasteiger partial charge is 0.174 e. The predicted molar refractivity (Wildman–Crippen MR) is 115 cm³/mol. The van der Waals surface area contributed by atoms with Crippen LogP contribution in [0.5, 0.6) is 0 Å². The van der Waals surface area contributed by atoms with Crippen molar-refractivity contribution in [1.82, 2.24) is 4.98 Å². The van der Waals surface area contributed by atoms with Crippen LogP contribution in [0, 0.1) is 0 Å². The molecule has 32 heavy (non-hydrogen) atoms. The topological polar surface area (TPSA) is 62.3 Å². The second kappa shape index (κ2) is 11.9. The van der Waals surface area contributed by atoms with Gasteiger partial charge in [-0.3, -0.25) is 9.98 Å². The van der Waals surface area contributed by atoms with E-state index in [4.69, 9.17) is 25.0 Å². The fourth-order valence-corrected chi connectivity index (χ4v) is 3.62. The zero-order valence-corrected chi connectivity index (χ0v) is 21.2. The molecule has 4 aliphatic rings. The maximum absolute atomic E-state index is 4.77. The van der Waals surface area contributed by atoms with Gasteiger partial charge in [-0.25, -0.2) is 15.0 Å². The van der Waals surface area contributed by atoms with E-state index in [1.54, 1.807) is 0 Å². The standard InChI is InChI=1S/C23H21N5.3ClH.V/c1-3-14-8-10-16-20(12-14)27-22(25-16)18-6-5-7-19(24-18)23-26-17-11-9-15(4-2)13-21(17)28-23;;;;/h5-13,16-17H,3-4H2,1-2H3;3*1H;/p-3. The van der Waals surface area contributed by atoms with Gasteiger partial charge in [-0.1, -0.05) is 44.2 Å². The molecule has 2 aliphatic carbocycles. The Bertz CT molecular complexity index is 1030. The van der Waals surface area contributed by atoms with E-state index in [0.717, 1.165) is 35.7 Å². The molecule has 0 bridgehead atoms. The van der Waals surface area contributed by atoms with Crippen molar-refractivity contribution >= 4 is 23.1 Å². The van der Waals surface area contributed by atoms with Gasteiger partial charge in [0.15, 0.2) is 11.7 Å². The van der Waals surface area contributed by atoms with Gasteiger partial charge in [0.2, 0.25) is 0 Å². The molecule has 0 spiro atoms. The number of nitrogens with zero attached hydrogens (tertiary/aromatic N) is 5. The fourth-order valence-electron chi connectivity index (χ4n) is 3.62. The van der Waals surface area contributed by atoms with E-state index in [1.165, 1.54) is 11.1 Å². The fraction of sp³-hybridized carbons (Fsp3) is 0.261. The Kier molecular flexibility index (Phi) is 10.5. The minimum absolute atomic E-state index is 0. The summed E-state index contributed by atoms with van der Waals surface area (Å²) in [6, 6.07) is 5.88. The zero-order valence-electron chi connectivity index (χ0n) is 17.6. The minimum atomic E-state index is 0. The number of hydrogen-bond donors (Lipinski definition) is 0. The number of amidine groups is 2. The van der Waals surface area contributed by atoms with E-state index in [9.17, 15) is 0 Å². The molecule has 2 aliphatic heterocycles. The molecule has 9 heteroatoms. The summed E-state index contributed by atoms with van der Waals surface area (Å²) in [6.45, 7) is 4.29. The van der Waals surface area contributed by atoms with Crippen molar-refractivity contribution in [2.24, 2.45) is 20.0 Å². The SMILES string of the molecule is CCC1=CC2=NC(c3cccc(C4=NC5C=CC(CC)=CC5=N4)n3)=NC2C=C1.[Cl-].[Cl-].[Cl-].[V]. The van der Waals surface area contributed by atoms with Gasteiger partial charge in [-0.15, -0.1) is 0 Å². The molecule has 5 rings (SSSR count). The first-order valence-electron chi connectivity index (χ1n) is 9.81. The Morgan fingerprint density at radius 1 is 0.719 bits per heavy atom. The largest absolute Gasteiger partial charge is 1.00 e. The van der Waals surface area contributed by atoms with Crippen LogP contribution in [-0.4, -0.2) is 40.2 Å². The molecule has 1 aromatic heterocycles. The number of allylic oxidation sites excluding steroid dienone is 4. The van der Waals surface area contributed by atoms with E-state index < -0.39 is 0 Å². The first-order valence-corrected chi connectivity index (χ1v) is 9.81. The predicted octanol–water partition coefficient (Wildman–Crippen LogP) is -4.96. The van der Waals surface area contributed by atoms with Crippen LogP contribution in [0.3, 0.4) is 0 Å². The normalized spacial score (nSPS) is 21.6. The molecule has 2 atom stereocenters. The van der Waals surface area contributed by atoms with Gasteiger partial charge in [0.05, 0.1) is 11.4 Å². The van der Waals surface area contributed by atoms with Crippen LogP contribution < -0.4 is 37.2 Å². The summed E-state index contributed by atoms with van der Waals surface area (Å²) < 4.78 is 0. The van der Waals surface area contributed by atoms with Crippen LogP contribution in [0.25, 0.3) is 0 Å². The first-order chi connectivity index (χ1) is 13.7. The Balaban J connectivity index is 0.00000128. The van der Waals surface area contributed by atoms with Crippen LogP contribution in [0.15, 0.2) is 85.8 Å². The first kappa shape index (κ1) is 28.3. The molecule has 2 unspecified atom stereocenters. The molecule has 0 aromatic carbocycles. The number of rotatable bonds is 4. The summed E-state index contributed by atoms with van der Waals surface area (Å²) >= 11 is 0. The van der Waals surface area contributed by atoms with Gasteiger partial charge < -0.3 is 37.2 Å². The minimum Gasteiger partial charge on any atom is -1.00 e. The summed E-state index contributed by atoms with van der Waals surface area (Å²) in [6.07, 6.45) is 14.7. The Morgan fingerprint density at radius 3 is 1.56 bits per heavy atom. The van der Waals surface area contributed by atoms with Crippen molar-refractivity contribution in [2.75, 3.05) is 0 Å². The molecule has 3 heterocycles. The van der Waals surface area contributed by atoms with Crippen LogP contribution in [0.1, 0.15) is 38.1 Å². The van der Waals surface area contributed by atoms with Gasteiger partial charge in [0.1, 0.15) is 23.5 Å². The number of aliphatic imine (C=N–C) groups is 4. The van der Waals surface area contributed by atoms with Crippen LogP contribution in [0.4, 0.5) is 0 Å². The van der Waals surface area contributed by atoms with Crippen molar-refractivity contribution in [3.05, 3.63) is 77.2 Å². The van der Waals surface area contributed by atoms with Gasteiger partial charge in [0, 0.05) is 18.6 Å². The second-order valence-corrected chi connectivity index (χ2v) is 7.14. The Labute approximate surface area is 218 Å². The average Bonchev–Trinajstić information content (AvgIpc) is 3.36. The third-order valence-corrected chi connectivity index (χ3v) is 5.27. The molecule has 0 saturated heterocycles. The summed E-state index contributed by atoms with van der Waals surface area (Å²) in [5, 5.41) is 0. The van der Waals surface area contributed by atoms with Crippen LogP contribution in [-0.2, 0) is 18.6 Å². The molecule has 1 aromatic rings. The third kappa shape index (κ3) is 5.41. The molecule has 0 amide bonds. The quantitative estimate of drug-likeness (QED) is 0.389. The summed E-state index contributed by atoms with van der Waals surface area (Å²) in [5.41, 5.74) is 6.07. The number of fused-ring (bicyclic) bond motifs is 2. The maximum atomic E-state index is 4.77. The Hall–Kier alpha value is -1.76. The second-order valence-electron chi connectivity index (χ2n) is 7.14. The van der Waals surface area contributed by atoms with E-state index >= 15 is 0 Å². The maximum Gasteiger partial charge on any atom is 0.174 e. The van der Waals surface area contributed by atoms with Gasteiger partial charge in [0.25, 0.3) is 0 Å². The van der Waals surface area contributed by atoms with Crippen molar-refractivity contribution in [1.29, 1.82) is 0 Å². The molecule has 0 saturated carbocycles. The summed E-state index contributed by atoms with van der Waals surface area (Å²) in [5.74, 6) is 1.36.